The predicted octanol–water partition coefficient (Wildman–Crippen LogP) is 3.34. The SMILES string of the molecule is CC(C)CCCC(C)NCCCO.Cc1ccccc1.O. The molecular weight excluding hydrogens is 262 g/mol. The minimum absolute atomic E-state index is 0. The first-order valence-electron chi connectivity index (χ1n) is 7.92. The van der Waals surface area contributed by atoms with Gasteiger partial charge in [-0.3, -0.25) is 0 Å². The molecule has 0 aliphatic rings. The van der Waals surface area contributed by atoms with E-state index < -0.39 is 0 Å². The van der Waals surface area contributed by atoms with E-state index >= 15 is 0 Å². The highest BCUT2D eigenvalue weighted by atomic mass is 16.3. The van der Waals surface area contributed by atoms with Gasteiger partial charge in [-0.1, -0.05) is 62.6 Å². The van der Waals surface area contributed by atoms with Crippen LogP contribution in [0.2, 0.25) is 0 Å². The Morgan fingerprint density at radius 2 is 1.62 bits per heavy atom. The smallest absolute Gasteiger partial charge is 0.0443 e. The van der Waals surface area contributed by atoms with Gasteiger partial charge >= 0.3 is 0 Å². The van der Waals surface area contributed by atoms with Crippen molar-refractivity contribution in [2.24, 2.45) is 5.92 Å². The largest absolute Gasteiger partial charge is 0.412 e. The van der Waals surface area contributed by atoms with Crippen LogP contribution in [-0.2, 0) is 0 Å². The summed E-state index contributed by atoms with van der Waals surface area (Å²) in [6, 6.07) is 10.9. The fourth-order valence-electron chi connectivity index (χ4n) is 1.90. The maximum absolute atomic E-state index is 8.59. The van der Waals surface area contributed by atoms with Crippen LogP contribution < -0.4 is 5.32 Å². The van der Waals surface area contributed by atoms with E-state index in [-0.39, 0.29) is 5.48 Å². The molecule has 21 heavy (non-hydrogen) atoms. The van der Waals surface area contributed by atoms with Crippen LogP contribution in [0.15, 0.2) is 30.3 Å². The Bertz CT molecular complexity index is 301. The van der Waals surface area contributed by atoms with Crippen molar-refractivity contribution in [3.05, 3.63) is 35.9 Å². The third-order valence-electron chi connectivity index (χ3n) is 3.19. The van der Waals surface area contributed by atoms with Gasteiger partial charge in [-0.2, -0.15) is 0 Å². The molecule has 1 rings (SSSR count). The average Bonchev–Trinajstić information content (AvgIpc) is 2.40. The number of aryl methyl sites for hydroxylation is 1. The van der Waals surface area contributed by atoms with E-state index in [9.17, 15) is 0 Å². The fourth-order valence-corrected chi connectivity index (χ4v) is 1.90. The first kappa shape index (κ1) is 22.4. The minimum atomic E-state index is 0. The van der Waals surface area contributed by atoms with Crippen molar-refractivity contribution in [1.82, 2.24) is 5.32 Å². The summed E-state index contributed by atoms with van der Waals surface area (Å²) in [6.07, 6.45) is 4.76. The van der Waals surface area contributed by atoms with Gasteiger partial charge in [0.25, 0.3) is 0 Å². The number of hydrogen-bond donors (Lipinski definition) is 2. The Hall–Kier alpha value is -0.900. The standard InChI is InChI=1S/C11H25NO.C7H8.H2O/c1-10(2)6-4-7-11(3)12-8-5-9-13;1-7-5-3-2-4-6-7;/h10-13H,4-9H2,1-3H3;2-6H,1H3;1H2. The van der Waals surface area contributed by atoms with Crippen LogP contribution in [0, 0.1) is 12.8 Å². The molecule has 0 aliphatic heterocycles. The molecule has 0 bridgehead atoms. The summed E-state index contributed by atoms with van der Waals surface area (Å²) >= 11 is 0. The zero-order valence-electron chi connectivity index (χ0n) is 14.2. The van der Waals surface area contributed by atoms with Gasteiger partial charge in [0.05, 0.1) is 0 Å². The molecule has 1 unspecified atom stereocenters. The van der Waals surface area contributed by atoms with Gasteiger partial charge in [0.2, 0.25) is 0 Å². The average molecular weight is 297 g/mol. The van der Waals surface area contributed by atoms with Gasteiger partial charge < -0.3 is 15.9 Å². The van der Waals surface area contributed by atoms with Crippen molar-refractivity contribution in [3.63, 3.8) is 0 Å². The van der Waals surface area contributed by atoms with Crippen LogP contribution in [0.3, 0.4) is 0 Å². The number of hydrogen-bond acceptors (Lipinski definition) is 2. The zero-order valence-corrected chi connectivity index (χ0v) is 14.2. The van der Waals surface area contributed by atoms with Crippen molar-refractivity contribution < 1.29 is 10.6 Å². The van der Waals surface area contributed by atoms with Crippen LogP contribution in [0.4, 0.5) is 0 Å². The van der Waals surface area contributed by atoms with Crippen LogP contribution >= 0.6 is 0 Å². The second-order valence-electron chi connectivity index (χ2n) is 5.91. The van der Waals surface area contributed by atoms with Crippen molar-refractivity contribution in [1.29, 1.82) is 0 Å². The van der Waals surface area contributed by atoms with E-state index in [4.69, 9.17) is 5.11 Å². The lowest BCUT2D eigenvalue weighted by Gasteiger charge is -2.13. The highest BCUT2D eigenvalue weighted by molar-refractivity contribution is 5.11. The van der Waals surface area contributed by atoms with E-state index in [1.54, 1.807) is 0 Å². The molecular formula is C18H35NO2. The second-order valence-corrected chi connectivity index (χ2v) is 5.91. The lowest BCUT2D eigenvalue weighted by Crippen LogP contribution is -2.27. The molecule has 0 saturated heterocycles. The summed E-state index contributed by atoms with van der Waals surface area (Å²) < 4.78 is 0. The molecule has 0 saturated carbocycles. The molecule has 0 aliphatic carbocycles. The van der Waals surface area contributed by atoms with Crippen LogP contribution in [0.5, 0.6) is 0 Å². The van der Waals surface area contributed by atoms with Crippen LogP contribution in [0.25, 0.3) is 0 Å². The molecule has 4 N–H and O–H groups in total. The van der Waals surface area contributed by atoms with Crippen LogP contribution in [-0.4, -0.2) is 29.8 Å². The molecule has 0 aromatic heterocycles. The van der Waals surface area contributed by atoms with Crippen molar-refractivity contribution in [3.8, 4) is 0 Å². The second kappa shape index (κ2) is 15.5. The normalized spacial score (nSPS) is 11.3. The van der Waals surface area contributed by atoms with E-state index in [1.807, 2.05) is 18.2 Å². The Morgan fingerprint density at radius 1 is 1.00 bits per heavy atom. The Morgan fingerprint density at radius 3 is 2.05 bits per heavy atom. The molecule has 124 valence electrons. The Kier molecular flexibility index (Phi) is 16.5. The van der Waals surface area contributed by atoms with Gasteiger partial charge in [0.1, 0.15) is 0 Å². The monoisotopic (exact) mass is 297 g/mol. The number of rotatable bonds is 8. The Balaban J connectivity index is 0. The highest BCUT2D eigenvalue weighted by Crippen LogP contribution is 2.07. The van der Waals surface area contributed by atoms with E-state index in [0.717, 1.165) is 18.9 Å². The molecule has 0 radical (unpaired) electrons. The predicted molar refractivity (Wildman–Crippen MR) is 92.6 cm³/mol. The fraction of sp³-hybridized carbons (Fsp3) is 0.667. The molecule has 0 fully saturated rings. The molecule has 1 aromatic rings. The molecule has 0 amide bonds. The third-order valence-corrected chi connectivity index (χ3v) is 3.19. The number of benzene rings is 1. The third kappa shape index (κ3) is 17.0. The quantitative estimate of drug-likeness (QED) is 0.723. The summed E-state index contributed by atoms with van der Waals surface area (Å²) in [5.74, 6) is 0.824. The summed E-state index contributed by atoms with van der Waals surface area (Å²) in [5, 5.41) is 12.0. The van der Waals surface area contributed by atoms with Crippen molar-refractivity contribution in [2.75, 3.05) is 13.2 Å². The molecule has 0 heterocycles. The van der Waals surface area contributed by atoms with Gasteiger partial charge in [-0.05, 0) is 39.2 Å². The lowest BCUT2D eigenvalue weighted by atomic mass is 10.0. The van der Waals surface area contributed by atoms with Gasteiger partial charge in [0.15, 0.2) is 0 Å². The molecule has 3 nitrogen and oxygen atoms in total. The van der Waals surface area contributed by atoms with Crippen molar-refractivity contribution in [2.45, 2.75) is 59.4 Å². The van der Waals surface area contributed by atoms with E-state index in [1.165, 1.54) is 24.8 Å². The van der Waals surface area contributed by atoms with Crippen molar-refractivity contribution >= 4 is 0 Å². The summed E-state index contributed by atoms with van der Waals surface area (Å²) in [5.41, 5.74) is 1.32. The lowest BCUT2D eigenvalue weighted by molar-refractivity contribution is 0.282. The maximum atomic E-state index is 8.59. The summed E-state index contributed by atoms with van der Waals surface area (Å²) in [6.45, 7) is 10.1. The highest BCUT2D eigenvalue weighted by Gasteiger charge is 2.01. The minimum Gasteiger partial charge on any atom is -0.412 e. The number of nitrogens with one attached hydrogen (secondary N) is 1. The van der Waals surface area contributed by atoms with Gasteiger partial charge in [-0.15, -0.1) is 0 Å². The Labute approximate surface area is 131 Å². The summed E-state index contributed by atoms with van der Waals surface area (Å²) in [4.78, 5) is 0. The first-order valence-corrected chi connectivity index (χ1v) is 7.92. The molecule has 1 atom stereocenters. The molecule has 1 aromatic carbocycles. The molecule has 0 spiro atoms. The topological polar surface area (TPSA) is 63.8 Å². The maximum Gasteiger partial charge on any atom is 0.0443 e. The number of aliphatic hydroxyl groups is 1. The zero-order chi connectivity index (χ0) is 15.2. The van der Waals surface area contributed by atoms with Crippen LogP contribution in [0.1, 0.15) is 52.0 Å². The van der Waals surface area contributed by atoms with Gasteiger partial charge in [-0.25, -0.2) is 0 Å². The summed E-state index contributed by atoms with van der Waals surface area (Å²) in [7, 11) is 0. The van der Waals surface area contributed by atoms with E-state index in [2.05, 4.69) is 45.1 Å². The van der Waals surface area contributed by atoms with Gasteiger partial charge in [0, 0.05) is 12.6 Å². The van der Waals surface area contributed by atoms with E-state index in [0.29, 0.717) is 12.6 Å². The first-order chi connectivity index (χ1) is 9.56. The molecule has 3 heteroatoms. The number of aliphatic hydroxyl groups excluding tert-OH is 1.